The van der Waals surface area contributed by atoms with E-state index in [-0.39, 0.29) is 15.7 Å². The highest BCUT2D eigenvalue weighted by Crippen LogP contribution is 2.37. The van der Waals surface area contributed by atoms with Gasteiger partial charge in [-0.05, 0) is 32.6 Å². The highest BCUT2D eigenvalue weighted by molar-refractivity contribution is 9.10. The summed E-state index contributed by atoms with van der Waals surface area (Å²) in [4.78, 5) is 1.88. The van der Waals surface area contributed by atoms with Crippen LogP contribution in [0.4, 0.5) is 0 Å². The zero-order valence-corrected chi connectivity index (χ0v) is 14.4. The van der Waals surface area contributed by atoms with Gasteiger partial charge in [-0.2, -0.15) is 0 Å². The molecule has 0 spiro atoms. The van der Waals surface area contributed by atoms with Gasteiger partial charge in [0.2, 0.25) is 0 Å². The van der Waals surface area contributed by atoms with Crippen LogP contribution >= 0.6 is 38.2 Å². The van der Waals surface area contributed by atoms with Crippen LogP contribution < -0.4 is 4.74 Å². The molecule has 0 aliphatic rings. The molecule has 0 fully saturated rings. The SMILES string of the molecule is CN(C)CCCOc1c(Cl)cc(Br)cc1S(=O)(=O)Cl. The Morgan fingerprint density at radius 2 is 2.00 bits per heavy atom. The van der Waals surface area contributed by atoms with E-state index in [0.717, 1.165) is 13.0 Å². The van der Waals surface area contributed by atoms with Gasteiger partial charge in [-0.3, -0.25) is 0 Å². The number of hydrogen-bond donors (Lipinski definition) is 0. The molecule has 0 saturated heterocycles. The lowest BCUT2D eigenvalue weighted by Gasteiger charge is -2.13. The van der Waals surface area contributed by atoms with E-state index in [0.29, 0.717) is 11.1 Å². The first-order chi connectivity index (χ1) is 8.71. The van der Waals surface area contributed by atoms with Crippen molar-refractivity contribution in [2.24, 2.45) is 0 Å². The first-order valence-corrected chi connectivity index (χ1v) is 8.91. The summed E-state index contributed by atoms with van der Waals surface area (Å²) in [6, 6.07) is 2.93. The van der Waals surface area contributed by atoms with E-state index in [4.69, 9.17) is 27.0 Å². The summed E-state index contributed by atoms with van der Waals surface area (Å²) in [6.07, 6.45) is 0.751. The zero-order chi connectivity index (χ0) is 14.6. The Balaban J connectivity index is 2.93. The van der Waals surface area contributed by atoms with Crippen molar-refractivity contribution >= 4 is 47.3 Å². The van der Waals surface area contributed by atoms with Crippen LogP contribution in [0.2, 0.25) is 5.02 Å². The molecule has 0 aromatic heterocycles. The van der Waals surface area contributed by atoms with Gasteiger partial charge in [0, 0.05) is 21.7 Å². The van der Waals surface area contributed by atoms with Crippen LogP contribution in [0, 0.1) is 0 Å². The van der Waals surface area contributed by atoms with Crippen LogP contribution in [0.25, 0.3) is 0 Å². The maximum atomic E-state index is 11.5. The lowest BCUT2D eigenvalue weighted by molar-refractivity contribution is 0.276. The summed E-state index contributed by atoms with van der Waals surface area (Å²) in [5.41, 5.74) is 0. The molecular weight excluding hydrogens is 377 g/mol. The summed E-state index contributed by atoms with van der Waals surface area (Å²) in [5.74, 6) is 0.0959. The Bertz CT molecular complexity index is 549. The third-order valence-corrected chi connectivity index (χ3v) is 4.30. The first kappa shape index (κ1) is 17.0. The smallest absolute Gasteiger partial charge is 0.265 e. The van der Waals surface area contributed by atoms with E-state index in [1.54, 1.807) is 6.07 Å². The molecule has 0 bridgehead atoms. The van der Waals surface area contributed by atoms with Crippen molar-refractivity contribution in [1.82, 2.24) is 4.90 Å². The standard InChI is InChI=1S/C11H14BrCl2NO3S/c1-15(2)4-3-5-18-11-9(13)6-8(12)7-10(11)19(14,16)17/h6-7H,3-5H2,1-2H3. The second-order valence-corrected chi connectivity index (χ2v) is 8.02. The van der Waals surface area contributed by atoms with Crippen molar-refractivity contribution in [3.63, 3.8) is 0 Å². The minimum Gasteiger partial charge on any atom is -0.491 e. The molecule has 0 N–H and O–H groups in total. The molecule has 0 amide bonds. The summed E-state index contributed by atoms with van der Waals surface area (Å²) in [5, 5.41) is 0.207. The van der Waals surface area contributed by atoms with Gasteiger partial charge in [0.05, 0.1) is 11.6 Å². The van der Waals surface area contributed by atoms with Gasteiger partial charge in [0.1, 0.15) is 4.90 Å². The fraction of sp³-hybridized carbons (Fsp3) is 0.455. The van der Waals surface area contributed by atoms with Crippen molar-refractivity contribution in [2.75, 3.05) is 27.2 Å². The van der Waals surface area contributed by atoms with Crippen LogP contribution in [0.1, 0.15) is 6.42 Å². The largest absolute Gasteiger partial charge is 0.491 e. The molecule has 108 valence electrons. The van der Waals surface area contributed by atoms with Crippen LogP contribution in [0.3, 0.4) is 0 Å². The number of benzene rings is 1. The normalized spacial score (nSPS) is 11.9. The Labute approximate surface area is 131 Å². The second-order valence-electron chi connectivity index (χ2n) is 4.16. The van der Waals surface area contributed by atoms with E-state index in [1.165, 1.54) is 6.07 Å². The molecule has 8 heteroatoms. The number of halogens is 3. The number of hydrogen-bond acceptors (Lipinski definition) is 4. The summed E-state index contributed by atoms with van der Waals surface area (Å²) in [7, 11) is 5.36. The van der Waals surface area contributed by atoms with Crippen LogP contribution in [-0.2, 0) is 9.05 Å². The Morgan fingerprint density at radius 3 is 2.53 bits per heavy atom. The third-order valence-electron chi connectivity index (χ3n) is 2.23. The fourth-order valence-corrected chi connectivity index (χ4v) is 3.49. The minimum absolute atomic E-state index is 0.0959. The molecule has 0 aliphatic carbocycles. The van der Waals surface area contributed by atoms with Crippen molar-refractivity contribution in [3.05, 3.63) is 21.6 Å². The summed E-state index contributed by atoms with van der Waals surface area (Å²) >= 11 is 9.16. The molecule has 0 aliphatic heterocycles. The molecule has 0 unspecified atom stereocenters. The number of rotatable bonds is 6. The van der Waals surface area contributed by atoms with Crippen LogP contribution in [0.15, 0.2) is 21.5 Å². The van der Waals surface area contributed by atoms with E-state index < -0.39 is 9.05 Å². The molecule has 0 atom stereocenters. The maximum absolute atomic E-state index is 11.5. The topological polar surface area (TPSA) is 46.6 Å². The molecule has 4 nitrogen and oxygen atoms in total. The number of ether oxygens (including phenoxy) is 1. The van der Waals surface area contributed by atoms with Gasteiger partial charge in [-0.1, -0.05) is 27.5 Å². The van der Waals surface area contributed by atoms with E-state index >= 15 is 0 Å². The first-order valence-electron chi connectivity index (χ1n) is 5.43. The van der Waals surface area contributed by atoms with Crippen LogP contribution in [-0.4, -0.2) is 40.6 Å². The maximum Gasteiger partial charge on any atom is 0.265 e. The molecule has 0 heterocycles. The zero-order valence-electron chi connectivity index (χ0n) is 10.5. The van der Waals surface area contributed by atoms with Crippen molar-refractivity contribution < 1.29 is 13.2 Å². The third kappa shape index (κ3) is 5.47. The molecule has 0 saturated carbocycles. The highest BCUT2D eigenvalue weighted by Gasteiger charge is 2.20. The fourth-order valence-electron chi connectivity index (χ4n) is 1.41. The van der Waals surface area contributed by atoms with Gasteiger partial charge in [0.25, 0.3) is 9.05 Å². The van der Waals surface area contributed by atoms with Gasteiger partial charge in [-0.25, -0.2) is 8.42 Å². The number of nitrogens with zero attached hydrogens (tertiary/aromatic N) is 1. The molecule has 1 aromatic carbocycles. The summed E-state index contributed by atoms with van der Waals surface area (Å²) < 4.78 is 29.0. The second kappa shape index (κ2) is 7.13. The van der Waals surface area contributed by atoms with Gasteiger partial charge >= 0.3 is 0 Å². The lowest BCUT2D eigenvalue weighted by Crippen LogP contribution is -2.16. The Morgan fingerprint density at radius 1 is 1.37 bits per heavy atom. The highest BCUT2D eigenvalue weighted by atomic mass is 79.9. The monoisotopic (exact) mass is 389 g/mol. The van der Waals surface area contributed by atoms with E-state index in [1.807, 2.05) is 19.0 Å². The predicted octanol–water partition coefficient (Wildman–Crippen LogP) is 3.36. The Kier molecular flexibility index (Phi) is 6.39. The quantitative estimate of drug-likeness (QED) is 0.551. The molecule has 1 aromatic rings. The van der Waals surface area contributed by atoms with Crippen molar-refractivity contribution in [2.45, 2.75) is 11.3 Å². The molecular formula is C11H14BrCl2NO3S. The minimum atomic E-state index is -3.91. The Hall–Kier alpha value is -0.0100. The van der Waals surface area contributed by atoms with Gasteiger partial charge in [0.15, 0.2) is 5.75 Å². The van der Waals surface area contributed by atoms with E-state index in [9.17, 15) is 8.42 Å². The van der Waals surface area contributed by atoms with Gasteiger partial charge < -0.3 is 9.64 Å². The van der Waals surface area contributed by atoms with Crippen molar-refractivity contribution in [1.29, 1.82) is 0 Å². The van der Waals surface area contributed by atoms with Crippen LogP contribution in [0.5, 0.6) is 5.75 Å². The molecule has 19 heavy (non-hydrogen) atoms. The average molecular weight is 391 g/mol. The van der Waals surface area contributed by atoms with E-state index in [2.05, 4.69) is 15.9 Å². The molecule has 1 rings (SSSR count). The van der Waals surface area contributed by atoms with Crippen molar-refractivity contribution in [3.8, 4) is 5.75 Å². The predicted molar refractivity (Wildman–Crippen MR) is 80.9 cm³/mol. The summed E-state index contributed by atoms with van der Waals surface area (Å²) in [6.45, 7) is 1.19. The average Bonchev–Trinajstić information content (AvgIpc) is 2.24. The van der Waals surface area contributed by atoms with Gasteiger partial charge in [-0.15, -0.1) is 0 Å². The lowest BCUT2D eigenvalue weighted by atomic mass is 10.3. The molecule has 0 radical (unpaired) electrons.